The smallest absolute Gasteiger partial charge is 0.256 e. The van der Waals surface area contributed by atoms with Gasteiger partial charge in [-0.05, 0) is 37.5 Å². The van der Waals surface area contributed by atoms with Crippen molar-refractivity contribution in [3.05, 3.63) is 33.5 Å². The fourth-order valence-electron chi connectivity index (χ4n) is 1.91. The fraction of sp³-hybridized carbons (Fsp3) is 0.417. The number of hydrogen-bond acceptors (Lipinski definition) is 1. The van der Waals surface area contributed by atoms with Gasteiger partial charge in [-0.25, -0.2) is 4.39 Å². The standard InChI is InChI=1S/C12H13BrFNO/c1-8-6-9(11(14)7-10(8)13)12(16)15-4-2-3-5-15/h6-7H,2-5H2,1H3. The average Bonchev–Trinajstić information content (AvgIpc) is 2.75. The predicted octanol–water partition coefficient (Wildman–Crippen LogP) is 3.13. The van der Waals surface area contributed by atoms with Gasteiger partial charge in [0.2, 0.25) is 0 Å². The number of aryl methyl sites for hydroxylation is 1. The second-order valence-corrected chi connectivity index (χ2v) is 4.93. The van der Waals surface area contributed by atoms with Gasteiger partial charge in [-0.15, -0.1) is 0 Å². The Kier molecular flexibility index (Phi) is 3.28. The van der Waals surface area contributed by atoms with Gasteiger partial charge >= 0.3 is 0 Å². The minimum atomic E-state index is -0.450. The van der Waals surface area contributed by atoms with Crippen LogP contribution in [-0.2, 0) is 0 Å². The monoisotopic (exact) mass is 285 g/mol. The Morgan fingerprint density at radius 2 is 2.00 bits per heavy atom. The van der Waals surface area contributed by atoms with Crippen molar-refractivity contribution in [2.24, 2.45) is 0 Å². The molecule has 0 unspecified atom stereocenters. The average molecular weight is 286 g/mol. The van der Waals surface area contributed by atoms with E-state index in [9.17, 15) is 9.18 Å². The highest BCUT2D eigenvalue weighted by Gasteiger charge is 2.22. The van der Waals surface area contributed by atoms with E-state index in [-0.39, 0.29) is 11.5 Å². The molecule has 1 saturated heterocycles. The van der Waals surface area contributed by atoms with Gasteiger partial charge < -0.3 is 4.90 Å². The highest BCUT2D eigenvalue weighted by molar-refractivity contribution is 9.10. The van der Waals surface area contributed by atoms with Gasteiger partial charge in [-0.1, -0.05) is 15.9 Å². The molecule has 0 N–H and O–H groups in total. The van der Waals surface area contributed by atoms with Crippen LogP contribution < -0.4 is 0 Å². The van der Waals surface area contributed by atoms with Gasteiger partial charge in [-0.3, -0.25) is 4.79 Å². The molecule has 1 heterocycles. The van der Waals surface area contributed by atoms with Crippen LogP contribution in [0.2, 0.25) is 0 Å². The van der Waals surface area contributed by atoms with Crippen LogP contribution in [0.5, 0.6) is 0 Å². The van der Waals surface area contributed by atoms with Gasteiger partial charge in [0.05, 0.1) is 5.56 Å². The molecule has 1 fully saturated rings. The molecule has 86 valence electrons. The molecule has 0 spiro atoms. The molecule has 0 bridgehead atoms. The Morgan fingerprint density at radius 1 is 1.38 bits per heavy atom. The van der Waals surface area contributed by atoms with Gasteiger partial charge in [0.25, 0.3) is 5.91 Å². The minimum absolute atomic E-state index is 0.183. The SMILES string of the molecule is Cc1cc(C(=O)N2CCCC2)c(F)cc1Br. The quantitative estimate of drug-likeness (QED) is 0.776. The second-order valence-electron chi connectivity index (χ2n) is 4.08. The Bertz CT molecular complexity index is 427. The lowest BCUT2D eigenvalue weighted by Gasteiger charge is -2.16. The topological polar surface area (TPSA) is 20.3 Å². The third kappa shape index (κ3) is 2.12. The zero-order chi connectivity index (χ0) is 11.7. The maximum atomic E-state index is 13.7. The van der Waals surface area contributed by atoms with E-state index in [4.69, 9.17) is 0 Å². The number of carbonyl (C=O) groups is 1. The molecule has 4 heteroatoms. The van der Waals surface area contributed by atoms with Crippen LogP contribution in [0.4, 0.5) is 4.39 Å². The summed E-state index contributed by atoms with van der Waals surface area (Å²) in [6.07, 6.45) is 2.03. The third-order valence-electron chi connectivity index (χ3n) is 2.87. The maximum Gasteiger partial charge on any atom is 0.256 e. The van der Waals surface area contributed by atoms with E-state index in [1.54, 1.807) is 11.0 Å². The molecule has 16 heavy (non-hydrogen) atoms. The lowest BCUT2D eigenvalue weighted by atomic mass is 10.1. The number of carbonyl (C=O) groups excluding carboxylic acids is 1. The highest BCUT2D eigenvalue weighted by atomic mass is 79.9. The largest absolute Gasteiger partial charge is 0.339 e. The first kappa shape index (κ1) is 11.6. The summed E-state index contributed by atoms with van der Waals surface area (Å²) in [5.41, 5.74) is 1.06. The van der Waals surface area contributed by atoms with E-state index < -0.39 is 5.82 Å². The first-order valence-electron chi connectivity index (χ1n) is 5.34. The summed E-state index contributed by atoms with van der Waals surface area (Å²) in [6.45, 7) is 3.34. The van der Waals surface area contributed by atoms with Gasteiger partial charge in [0.1, 0.15) is 5.82 Å². The molecule has 1 aromatic carbocycles. The summed E-state index contributed by atoms with van der Waals surface area (Å²) < 4.78 is 14.4. The molecular formula is C12H13BrFNO. The number of rotatable bonds is 1. The van der Waals surface area contributed by atoms with Crippen LogP contribution in [0.1, 0.15) is 28.8 Å². The first-order chi connectivity index (χ1) is 7.59. The van der Waals surface area contributed by atoms with Crippen LogP contribution in [0.25, 0.3) is 0 Å². The van der Waals surface area contributed by atoms with E-state index in [0.29, 0.717) is 4.47 Å². The molecule has 0 aliphatic carbocycles. The van der Waals surface area contributed by atoms with Gasteiger partial charge in [0.15, 0.2) is 0 Å². The van der Waals surface area contributed by atoms with Crippen LogP contribution in [0, 0.1) is 12.7 Å². The summed E-state index contributed by atoms with van der Waals surface area (Å²) in [5.74, 6) is -0.639. The molecular weight excluding hydrogens is 273 g/mol. The van der Waals surface area contributed by atoms with Crippen molar-refractivity contribution in [2.75, 3.05) is 13.1 Å². The summed E-state index contributed by atoms with van der Waals surface area (Å²) in [6, 6.07) is 2.97. The highest BCUT2D eigenvalue weighted by Crippen LogP contribution is 2.22. The van der Waals surface area contributed by atoms with E-state index in [1.807, 2.05) is 6.92 Å². The normalized spacial score (nSPS) is 15.6. The minimum Gasteiger partial charge on any atom is -0.339 e. The van der Waals surface area contributed by atoms with Crippen molar-refractivity contribution in [2.45, 2.75) is 19.8 Å². The van der Waals surface area contributed by atoms with Crippen molar-refractivity contribution in [1.29, 1.82) is 0 Å². The zero-order valence-electron chi connectivity index (χ0n) is 9.09. The van der Waals surface area contributed by atoms with E-state index in [0.717, 1.165) is 31.5 Å². The predicted molar refractivity (Wildman–Crippen MR) is 64.0 cm³/mol. The molecule has 1 aliphatic heterocycles. The Hall–Kier alpha value is -0.900. The number of amides is 1. The van der Waals surface area contributed by atoms with Crippen LogP contribution in [0.3, 0.4) is 0 Å². The summed E-state index contributed by atoms with van der Waals surface area (Å²) in [5, 5.41) is 0. The van der Waals surface area contributed by atoms with Crippen molar-refractivity contribution in [3.8, 4) is 0 Å². The number of hydrogen-bond donors (Lipinski definition) is 0. The van der Waals surface area contributed by atoms with Crippen molar-refractivity contribution < 1.29 is 9.18 Å². The van der Waals surface area contributed by atoms with E-state index >= 15 is 0 Å². The van der Waals surface area contributed by atoms with Crippen molar-refractivity contribution >= 4 is 21.8 Å². The summed E-state index contributed by atoms with van der Waals surface area (Å²) in [7, 11) is 0. The van der Waals surface area contributed by atoms with Crippen LogP contribution >= 0.6 is 15.9 Å². The molecule has 1 amide bonds. The van der Waals surface area contributed by atoms with Crippen molar-refractivity contribution in [3.63, 3.8) is 0 Å². The van der Waals surface area contributed by atoms with Crippen LogP contribution in [0.15, 0.2) is 16.6 Å². The lowest BCUT2D eigenvalue weighted by molar-refractivity contribution is 0.0788. The number of benzene rings is 1. The van der Waals surface area contributed by atoms with Crippen molar-refractivity contribution in [1.82, 2.24) is 4.90 Å². The van der Waals surface area contributed by atoms with E-state index in [2.05, 4.69) is 15.9 Å². The summed E-state index contributed by atoms with van der Waals surface area (Å²) in [4.78, 5) is 13.7. The molecule has 0 saturated carbocycles. The van der Waals surface area contributed by atoms with E-state index in [1.165, 1.54) is 6.07 Å². The van der Waals surface area contributed by atoms with Gasteiger partial charge in [0, 0.05) is 17.6 Å². The molecule has 1 aliphatic rings. The lowest BCUT2D eigenvalue weighted by Crippen LogP contribution is -2.28. The Morgan fingerprint density at radius 3 is 2.62 bits per heavy atom. The molecule has 0 aromatic heterocycles. The molecule has 2 nitrogen and oxygen atoms in total. The summed E-state index contributed by atoms with van der Waals surface area (Å²) >= 11 is 3.25. The number of likely N-dealkylation sites (tertiary alicyclic amines) is 1. The molecule has 2 rings (SSSR count). The zero-order valence-corrected chi connectivity index (χ0v) is 10.7. The number of nitrogens with zero attached hydrogens (tertiary/aromatic N) is 1. The third-order valence-corrected chi connectivity index (χ3v) is 3.73. The number of halogens is 2. The fourth-order valence-corrected chi connectivity index (χ4v) is 2.23. The maximum absolute atomic E-state index is 13.7. The molecule has 0 radical (unpaired) electrons. The second kappa shape index (κ2) is 4.53. The molecule has 0 atom stereocenters. The van der Waals surface area contributed by atoms with Crippen LogP contribution in [-0.4, -0.2) is 23.9 Å². The Balaban J connectivity index is 2.32. The molecule has 1 aromatic rings. The van der Waals surface area contributed by atoms with Gasteiger partial charge in [-0.2, -0.15) is 0 Å². The Labute approximate surface area is 103 Å². The first-order valence-corrected chi connectivity index (χ1v) is 6.14.